The molecule has 0 radical (unpaired) electrons. The van der Waals surface area contributed by atoms with Crippen LogP contribution in [0, 0.1) is 5.82 Å². The summed E-state index contributed by atoms with van der Waals surface area (Å²) in [4.78, 5) is 15.5. The second kappa shape index (κ2) is 6.54. The largest absolute Gasteiger partial charge is 0.484 e. The van der Waals surface area contributed by atoms with Crippen molar-refractivity contribution in [2.75, 3.05) is 11.9 Å². The van der Waals surface area contributed by atoms with Crippen LogP contribution in [0.1, 0.15) is 0 Å². The first-order chi connectivity index (χ1) is 9.54. The molecule has 0 atom stereocenters. The highest BCUT2D eigenvalue weighted by Gasteiger charge is 2.06. The van der Waals surface area contributed by atoms with E-state index < -0.39 is 11.7 Å². The molecule has 4 nitrogen and oxygen atoms in total. The molecule has 0 saturated carbocycles. The molecule has 0 fully saturated rings. The fraction of sp³-hybridized carbons (Fsp3) is 0.0769. The maximum atomic E-state index is 12.9. The van der Waals surface area contributed by atoms with Gasteiger partial charge >= 0.3 is 0 Å². The molecule has 1 N–H and O–H groups in total. The number of amides is 1. The maximum Gasteiger partial charge on any atom is 0.263 e. The lowest BCUT2D eigenvalue weighted by molar-refractivity contribution is -0.118. The maximum absolute atomic E-state index is 12.9. The van der Waals surface area contributed by atoms with E-state index in [9.17, 15) is 9.18 Å². The number of ether oxygens (including phenoxy) is 1. The first-order valence-electron chi connectivity index (χ1n) is 5.54. The van der Waals surface area contributed by atoms with Crippen molar-refractivity contribution >= 4 is 34.9 Å². The zero-order valence-electron chi connectivity index (χ0n) is 10.1. The minimum Gasteiger partial charge on any atom is -0.484 e. The molecule has 1 amide bonds. The standard InChI is InChI=1S/C13H9Cl2FN2O2/c14-8-1-4-12(17-6-8)18-13(19)7-20-9-2-3-11(16)10(15)5-9/h1-6H,7H2,(H,17,18,19). The predicted octanol–water partition coefficient (Wildman–Crippen LogP) is 3.55. The third-order valence-electron chi connectivity index (χ3n) is 2.26. The molecule has 0 unspecified atom stereocenters. The summed E-state index contributed by atoms with van der Waals surface area (Å²) >= 11 is 11.3. The molecule has 1 aromatic carbocycles. The molecule has 104 valence electrons. The van der Waals surface area contributed by atoms with E-state index >= 15 is 0 Å². The van der Waals surface area contributed by atoms with Gasteiger partial charge in [-0.1, -0.05) is 23.2 Å². The average molecular weight is 315 g/mol. The quantitative estimate of drug-likeness (QED) is 0.939. The van der Waals surface area contributed by atoms with E-state index in [-0.39, 0.29) is 11.6 Å². The van der Waals surface area contributed by atoms with Gasteiger partial charge in [0.05, 0.1) is 10.0 Å². The molecule has 0 spiro atoms. The first-order valence-corrected chi connectivity index (χ1v) is 6.29. The predicted molar refractivity (Wildman–Crippen MR) is 74.8 cm³/mol. The Balaban J connectivity index is 1.88. The highest BCUT2D eigenvalue weighted by Crippen LogP contribution is 2.21. The summed E-state index contributed by atoms with van der Waals surface area (Å²) in [6, 6.07) is 7.01. The van der Waals surface area contributed by atoms with Gasteiger partial charge in [0.1, 0.15) is 17.4 Å². The minimum atomic E-state index is -0.547. The second-order valence-electron chi connectivity index (χ2n) is 3.77. The number of benzene rings is 1. The van der Waals surface area contributed by atoms with Crippen molar-refractivity contribution < 1.29 is 13.9 Å². The molecule has 0 aliphatic heterocycles. The molecule has 2 rings (SSSR count). The average Bonchev–Trinajstić information content (AvgIpc) is 2.43. The Labute approximate surface area is 124 Å². The highest BCUT2D eigenvalue weighted by molar-refractivity contribution is 6.31. The number of carbonyl (C=O) groups excluding carboxylic acids is 1. The molecular weight excluding hydrogens is 306 g/mol. The normalized spacial score (nSPS) is 10.2. The van der Waals surface area contributed by atoms with Gasteiger partial charge in [0.25, 0.3) is 5.91 Å². The molecule has 1 aromatic heterocycles. The van der Waals surface area contributed by atoms with Crippen molar-refractivity contribution in [2.45, 2.75) is 0 Å². The Morgan fingerprint density at radius 2 is 2.10 bits per heavy atom. The number of carbonyl (C=O) groups is 1. The van der Waals surface area contributed by atoms with E-state index in [2.05, 4.69) is 10.3 Å². The fourth-order valence-corrected chi connectivity index (χ4v) is 1.63. The van der Waals surface area contributed by atoms with Crippen LogP contribution in [0.3, 0.4) is 0 Å². The lowest BCUT2D eigenvalue weighted by Gasteiger charge is -2.07. The molecule has 1 heterocycles. The first kappa shape index (κ1) is 14.6. The van der Waals surface area contributed by atoms with Crippen molar-refractivity contribution in [2.24, 2.45) is 0 Å². The summed E-state index contributed by atoms with van der Waals surface area (Å²) in [5.74, 6) is -0.287. The molecule has 0 saturated heterocycles. The third-order valence-corrected chi connectivity index (χ3v) is 2.77. The minimum absolute atomic E-state index is 0.0673. The van der Waals surface area contributed by atoms with Crippen molar-refractivity contribution in [3.05, 3.63) is 52.4 Å². The molecule has 0 aliphatic carbocycles. The second-order valence-corrected chi connectivity index (χ2v) is 4.62. The number of halogens is 3. The van der Waals surface area contributed by atoms with E-state index in [1.165, 1.54) is 18.3 Å². The van der Waals surface area contributed by atoms with Gasteiger partial charge in [-0.2, -0.15) is 0 Å². The number of aromatic nitrogens is 1. The van der Waals surface area contributed by atoms with Crippen LogP contribution in [-0.4, -0.2) is 17.5 Å². The van der Waals surface area contributed by atoms with Gasteiger partial charge in [0, 0.05) is 12.3 Å². The van der Waals surface area contributed by atoms with Gasteiger partial charge in [-0.3, -0.25) is 4.79 Å². The molecule has 7 heteroatoms. The highest BCUT2D eigenvalue weighted by atomic mass is 35.5. The van der Waals surface area contributed by atoms with Crippen LogP contribution in [0.2, 0.25) is 10.0 Å². The SMILES string of the molecule is O=C(COc1ccc(F)c(Cl)c1)Nc1ccc(Cl)cn1. The van der Waals surface area contributed by atoms with Gasteiger partial charge in [-0.25, -0.2) is 9.37 Å². The van der Waals surface area contributed by atoms with E-state index in [4.69, 9.17) is 27.9 Å². The monoisotopic (exact) mass is 314 g/mol. The van der Waals surface area contributed by atoms with Gasteiger partial charge in [-0.15, -0.1) is 0 Å². The van der Waals surface area contributed by atoms with Crippen molar-refractivity contribution in [1.82, 2.24) is 4.98 Å². The van der Waals surface area contributed by atoms with Crippen LogP contribution in [0.4, 0.5) is 10.2 Å². The van der Waals surface area contributed by atoms with Crippen molar-refractivity contribution in [3.63, 3.8) is 0 Å². The number of nitrogens with zero attached hydrogens (tertiary/aromatic N) is 1. The molecular formula is C13H9Cl2FN2O2. The number of rotatable bonds is 4. The number of anilines is 1. The van der Waals surface area contributed by atoms with Crippen LogP contribution < -0.4 is 10.1 Å². The van der Waals surface area contributed by atoms with Crippen LogP contribution in [0.5, 0.6) is 5.75 Å². The Hall–Kier alpha value is -1.85. The molecule has 2 aromatic rings. The van der Waals surface area contributed by atoms with Crippen LogP contribution in [0.15, 0.2) is 36.5 Å². The van der Waals surface area contributed by atoms with Gasteiger partial charge in [0.2, 0.25) is 0 Å². The van der Waals surface area contributed by atoms with Crippen LogP contribution in [0.25, 0.3) is 0 Å². The zero-order chi connectivity index (χ0) is 14.5. The summed E-state index contributed by atoms with van der Waals surface area (Å²) in [6.45, 7) is -0.244. The number of pyridine rings is 1. The van der Waals surface area contributed by atoms with Gasteiger partial charge in [0.15, 0.2) is 6.61 Å². The van der Waals surface area contributed by atoms with E-state index in [1.807, 2.05) is 0 Å². The number of nitrogens with one attached hydrogen (secondary N) is 1. The van der Waals surface area contributed by atoms with Crippen LogP contribution >= 0.6 is 23.2 Å². The van der Waals surface area contributed by atoms with Crippen LogP contribution in [-0.2, 0) is 4.79 Å². The Morgan fingerprint density at radius 3 is 2.75 bits per heavy atom. The Bertz CT molecular complexity index is 620. The van der Waals surface area contributed by atoms with Gasteiger partial charge in [-0.05, 0) is 24.3 Å². The Kier molecular flexibility index (Phi) is 4.76. The molecule has 0 bridgehead atoms. The third kappa shape index (κ3) is 4.08. The lowest BCUT2D eigenvalue weighted by Crippen LogP contribution is -2.20. The summed E-state index contributed by atoms with van der Waals surface area (Å²) in [5.41, 5.74) is 0. The van der Waals surface area contributed by atoms with E-state index in [0.29, 0.717) is 16.6 Å². The number of hydrogen-bond acceptors (Lipinski definition) is 3. The van der Waals surface area contributed by atoms with E-state index in [0.717, 1.165) is 6.07 Å². The zero-order valence-corrected chi connectivity index (χ0v) is 11.6. The lowest BCUT2D eigenvalue weighted by atomic mass is 10.3. The smallest absolute Gasteiger partial charge is 0.263 e. The summed E-state index contributed by atoms with van der Waals surface area (Å²) in [5, 5.41) is 2.93. The summed E-state index contributed by atoms with van der Waals surface area (Å²) < 4.78 is 18.1. The molecule has 20 heavy (non-hydrogen) atoms. The number of hydrogen-bond donors (Lipinski definition) is 1. The topological polar surface area (TPSA) is 51.2 Å². The van der Waals surface area contributed by atoms with Crippen molar-refractivity contribution in [1.29, 1.82) is 0 Å². The van der Waals surface area contributed by atoms with E-state index in [1.54, 1.807) is 12.1 Å². The van der Waals surface area contributed by atoms with Gasteiger partial charge < -0.3 is 10.1 Å². The Morgan fingerprint density at radius 1 is 1.30 bits per heavy atom. The summed E-state index contributed by atoms with van der Waals surface area (Å²) in [6.07, 6.45) is 1.41. The summed E-state index contributed by atoms with van der Waals surface area (Å²) in [7, 11) is 0. The fourth-order valence-electron chi connectivity index (χ4n) is 1.34. The molecule has 0 aliphatic rings. The van der Waals surface area contributed by atoms with Crippen molar-refractivity contribution in [3.8, 4) is 5.75 Å².